The van der Waals surface area contributed by atoms with Gasteiger partial charge in [-0.25, -0.2) is 13.1 Å². The third-order valence-electron chi connectivity index (χ3n) is 5.45. The Morgan fingerprint density at radius 2 is 1.42 bits per heavy atom. The number of nitrogens with one attached hydrogen (secondary N) is 1. The number of hydrogen-bond donors (Lipinski definition) is 2. The molecule has 0 spiro atoms. The number of Topliss-reactive ketones (excluding diaryl/α,β-unsaturated/α-hetero) is 1. The Morgan fingerprint density at radius 1 is 0.889 bits per heavy atom. The van der Waals surface area contributed by atoms with Crippen molar-refractivity contribution in [1.29, 1.82) is 0 Å². The van der Waals surface area contributed by atoms with Gasteiger partial charge in [0.25, 0.3) is 21.7 Å². The van der Waals surface area contributed by atoms with Gasteiger partial charge >= 0.3 is 0 Å². The Morgan fingerprint density at radius 3 is 1.94 bits per heavy atom. The predicted molar refractivity (Wildman–Crippen MR) is 141 cm³/mol. The SMILES string of the molecule is CC(=O)NS(=O)(=O)c1ccc(N2C(=O)C(=O)C(=C(O)c3ccc(Br)cc3)[C@@H]2c2ccc(Br)cc2)cc1. The van der Waals surface area contributed by atoms with Crippen molar-refractivity contribution in [1.82, 2.24) is 4.72 Å². The van der Waals surface area contributed by atoms with Crippen LogP contribution in [0.2, 0.25) is 0 Å². The molecule has 1 aliphatic rings. The van der Waals surface area contributed by atoms with Crippen LogP contribution in [0.25, 0.3) is 5.76 Å². The first kappa shape index (κ1) is 25.8. The maximum absolute atomic E-state index is 13.2. The van der Waals surface area contributed by atoms with E-state index in [4.69, 9.17) is 0 Å². The number of aliphatic hydroxyl groups excluding tert-OH is 1. The molecule has 4 rings (SSSR count). The lowest BCUT2D eigenvalue weighted by molar-refractivity contribution is -0.132. The van der Waals surface area contributed by atoms with E-state index in [2.05, 4.69) is 31.9 Å². The fraction of sp³-hybridized carbons (Fsp3) is 0.0800. The van der Waals surface area contributed by atoms with Crippen molar-refractivity contribution in [3.63, 3.8) is 0 Å². The van der Waals surface area contributed by atoms with Crippen LogP contribution in [-0.2, 0) is 24.4 Å². The summed E-state index contributed by atoms with van der Waals surface area (Å²) < 4.78 is 28.1. The number of carbonyl (C=O) groups excluding carboxylic acids is 3. The minimum atomic E-state index is -4.09. The van der Waals surface area contributed by atoms with Crippen LogP contribution >= 0.6 is 31.9 Å². The summed E-state index contributed by atoms with van der Waals surface area (Å²) in [5.74, 6) is -2.83. The van der Waals surface area contributed by atoms with Crippen LogP contribution in [0.5, 0.6) is 0 Å². The molecule has 8 nitrogen and oxygen atoms in total. The van der Waals surface area contributed by atoms with Gasteiger partial charge in [0.2, 0.25) is 5.91 Å². The molecule has 184 valence electrons. The predicted octanol–water partition coefficient (Wildman–Crippen LogP) is 4.66. The molecule has 0 unspecified atom stereocenters. The fourth-order valence-electron chi connectivity index (χ4n) is 3.86. The van der Waals surface area contributed by atoms with E-state index in [1.807, 2.05) is 4.72 Å². The van der Waals surface area contributed by atoms with E-state index < -0.39 is 33.7 Å². The van der Waals surface area contributed by atoms with Crippen LogP contribution in [0.3, 0.4) is 0 Å². The van der Waals surface area contributed by atoms with Gasteiger partial charge in [-0.3, -0.25) is 19.3 Å². The van der Waals surface area contributed by atoms with Crippen molar-refractivity contribution >= 4 is 70.9 Å². The van der Waals surface area contributed by atoms with Crippen molar-refractivity contribution in [2.75, 3.05) is 4.90 Å². The highest BCUT2D eigenvalue weighted by molar-refractivity contribution is 9.10. The number of carbonyl (C=O) groups is 3. The molecule has 1 fully saturated rings. The minimum absolute atomic E-state index is 0.0976. The molecular weight excluding hydrogens is 616 g/mol. The topological polar surface area (TPSA) is 121 Å². The van der Waals surface area contributed by atoms with Crippen LogP contribution in [0.1, 0.15) is 24.1 Å². The highest BCUT2D eigenvalue weighted by Crippen LogP contribution is 2.42. The Bertz CT molecular complexity index is 1500. The summed E-state index contributed by atoms with van der Waals surface area (Å²) in [4.78, 5) is 38.7. The van der Waals surface area contributed by atoms with Crippen molar-refractivity contribution in [2.24, 2.45) is 0 Å². The molecule has 0 saturated carbocycles. The molecule has 1 saturated heterocycles. The van der Waals surface area contributed by atoms with Gasteiger partial charge in [-0.15, -0.1) is 0 Å². The van der Waals surface area contributed by atoms with Gasteiger partial charge in [0.1, 0.15) is 5.76 Å². The first-order valence-corrected chi connectivity index (χ1v) is 13.5. The summed E-state index contributed by atoms with van der Waals surface area (Å²) in [6.07, 6.45) is 0. The van der Waals surface area contributed by atoms with Crippen molar-refractivity contribution in [3.8, 4) is 0 Å². The number of hydrogen-bond acceptors (Lipinski definition) is 6. The Balaban J connectivity index is 1.86. The number of benzene rings is 3. The van der Waals surface area contributed by atoms with Gasteiger partial charge in [-0.2, -0.15) is 0 Å². The van der Waals surface area contributed by atoms with E-state index in [0.717, 1.165) is 15.9 Å². The molecule has 0 aliphatic carbocycles. The highest BCUT2D eigenvalue weighted by Gasteiger charge is 2.47. The Labute approximate surface area is 223 Å². The molecule has 2 amide bonds. The molecule has 2 N–H and O–H groups in total. The number of sulfonamides is 1. The van der Waals surface area contributed by atoms with Crippen LogP contribution in [-0.4, -0.2) is 31.1 Å². The molecule has 3 aromatic carbocycles. The zero-order chi connectivity index (χ0) is 26.2. The van der Waals surface area contributed by atoms with Gasteiger partial charge in [0.15, 0.2) is 0 Å². The van der Waals surface area contributed by atoms with Gasteiger partial charge in [0.05, 0.1) is 16.5 Å². The summed E-state index contributed by atoms with van der Waals surface area (Å²) in [5, 5.41) is 11.1. The zero-order valence-corrected chi connectivity index (χ0v) is 22.6. The number of anilines is 1. The van der Waals surface area contributed by atoms with Gasteiger partial charge < -0.3 is 5.11 Å². The lowest BCUT2D eigenvalue weighted by atomic mass is 9.95. The van der Waals surface area contributed by atoms with Crippen LogP contribution in [0.4, 0.5) is 5.69 Å². The van der Waals surface area contributed by atoms with Gasteiger partial charge in [-0.1, -0.05) is 56.1 Å². The smallest absolute Gasteiger partial charge is 0.300 e. The quantitative estimate of drug-likeness (QED) is 0.239. The number of rotatable bonds is 5. The van der Waals surface area contributed by atoms with E-state index >= 15 is 0 Å². The summed E-state index contributed by atoms with van der Waals surface area (Å²) >= 11 is 6.70. The summed E-state index contributed by atoms with van der Waals surface area (Å²) in [7, 11) is -4.09. The Kier molecular flexibility index (Phi) is 7.17. The van der Waals surface area contributed by atoms with Crippen LogP contribution in [0, 0.1) is 0 Å². The molecule has 0 radical (unpaired) electrons. The number of halogens is 2. The third-order valence-corrected chi connectivity index (χ3v) is 7.96. The first-order chi connectivity index (χ1) is 17.0. The molecule has 1 atom stereocenters. The summed E-state index contributed by atoms with van der Waals surface area (Å²) in [5.41, 5.74) is 1.06. The van der Waals surface area contributed by atoms with E-state index in [0.29, 0.717) is 11.1 Å². The molecule has 1 aliphatic heterocycles. The highest BCUT2D eigenvalue weighted by atomic mass is 79.9. The summed E-state index contributed by atoms with van der Waals surface area (Å²) in [6, 6.07) is 17.8. The second kappa shape index (κ2) is 10.00. The van der Waals surface area contributed by atoms with Gasteiger partial charge in [-0.05, 0) is 54.1 Å². The van der Waals surface area contributed by atoms with Gasteiger partial charge in [0, 0.05) is 27.1 Å². The molecule has 36 heavy (non-hydrogen) atoms. The monoisotopic (exact) mass is 632 g/mol. The molecule has 3 aromatic rings. The normalized spacial score (nSPS) is 17.3. The van der Waals surface area contributed by atoms with E-state index in [1.54, 1.807) is 48.5 Å². The molecule has 1 heterocycles. The number of amides is 2. The Hall–Kier alpha value is -3.28. The fourth-order valence-corrected chi connectivity index (χ4v) is 5.38. The average Bonchev–Trinajstić information content (AvgIpc) is 3.09. The lowest BCUT2D eigenvalue weighted by Gasteiger charge is -2.25. The second-order valence-electron chi connectivity index (χ2n) is 7.88. The third kappa shape index (κ3) is 4.99. The first-order valence-electron chi connectivity index (χ1n) is 10.5. The summed E-state index contributed by atoms with van der Waals surface area (Å²) in [6.45, 7) is 1.08. The van der Waals surface area contributed by atoms with E-state index in [1.165, 1.54) is 29.2 Å². The van der Waals surface area contributed by atoms with Crippen molar-refractivity contribution in [2.45, 2.75) is 17.9 Å². The largest absolute Gasteiger partial charge is 0.507 e. The van der Waals surface area contributed by atoms with Crippen molar-refractivity contribution < 1.29 is 27.9 Å². The zero-order valence-electron chi connectivity index (χ0n) is 18.6. The van der Waals surface area contributed by atoms with Crippen LogP contribution in [0.15, 0.2) is 92.2 Å². The van der Waals surface area contributed by atoms with Crippen molar-refractivity contribution in [3.05, 3.63) is 98.4 Å². The minimum Gasteiger partial charge on any atom is -0.507 e. The number of nitrogens with zero attached hydrogens (tertiary/aromatic N) is 1. The van der Waals surface area contributed by atoms with Crippen LogP contribution < -0.4 is 9.62 Å². The average molecular weight is 634 g/mol. The lowest BCUT2D eigenvalue weighted by Crippen LogP contribution is -2.30. The molecule has 0 bridgehead atoms. The second-order valence-corrected chi connectivity index (χ2v) is 11.4. The molecule has 0 aromatic heterocycles. The maximum Gasteiger partial charge on any atom is 0.300 e. The number of ketones is 1. The molecular formula is C25H18Br2N2O6S. The number of aliphatic hydroxyl groups is 1. The standard InChI is InChI=1S/C25H18Br2N2O6S/c1-14(30)28-36(34,35)20-12-10-19(11-13-20)29-22(15-2-6-17(26)7-3-15)21(24(32)25(29)33)23(31)16-4-8-18(27)9-5-16/h2-13,22,31H,1H3,(H,28,30)/t22-/m0/s1. The van der Waals surface area contributed by atoms with E-state index in [-0.39, 0.29) is 21.9 Å². The van der Waals surface area contributed by atoms with E-state index in [9.17, 15) is 27.9 Å². The molecule has 11 heteroatoms. The maximum atomic E-state index is 13.2.